The second-order valence-electron chi connectivity index (χ2n) is 8.48. The number of benzene rings is 2. The molecule has 4 N–H and O–H groups in total. The molecule has 3 amide bonds. The van der Waals surface area contributed by atoms with E-state index in [1.807, 2.05) is 5.32 Å². The molecule has 2 aromatic carbocycles. The average molecular weight is 575 g/mol. The molecule has 0 saturated heterocycles. The molecule has 15 heteroatoms. The summed E-state index contributed by atoms with van der Waals surface area (Å²) in [6.45, 7) is -1.13. The predicted molar refractivity (Wildman–Crippen MR) is 129 cm³/mol. The Hall–Kier alpha value is -3.91. The highest BCUT2D eigenvalue weighted by Gasteiger charge is 2.38. The van der Waals surface area contributed by atoms with Crippen molar-refractivity contribution in [3.8, 4) is 17.2 Å². The maximum atomic E-state index is 15.0. The molecule has 1 fully saturated rings. The van der Waals surface area contributed by atoms with E-state index >= 15 is 4.39 Å². The normalized spacial score (nSPS) is 14.1. The van der Waals surface area contributed by atoms with E-state index in [1.54, 1.807) is 0 Å². The molecule has 0 aliphatic heterocycles. The fourth-order valence-corrected chi connectivity index (χ4v) is 3.62. The van der Waals surface area contributed by atoms with E-state index < -0.39 is 53.2 Å². The van der Waals surface area contributed by atoms with Crippen molar-refractivity contribution in [2.75, 3.05) is 19.0 Å². The molecule has 208 valence electrons. The Bertz CT molecular complexity index is 1430. The smallest absolute Gasteiger partial charge is 0.416 e. The summed E-state index contributed by atoms with van der Waals surface area (Å²) in [6.07, 6.45) is -4.93. The van der Waals surface area contributed by atoms with E-state index in [-0.39, 0.29) is 39.7 Å². The van der Waals surface area contributed by atoms with Gasteiger partial charge in [-0.15, -0.1) is 0 Å². The van der Waals surface area contributed by atoms with Gasteiger partial charge < -0.3 is 30.5 Å². The van der Waals surface area contributed by atoms with Crippen molar-refractivity contribution in [2.24, 2.45) is 0 Å². The number of anilines is 1. The molecular formula is C24H20ClF5N4O5. The number of aliphatic hydroxyl groups excluding tert-OH is 1. The molecule has 1 aromatic heterocycles. The van der Waals surface area contributed by atoms with Gasteiger partial charge in [-0.1, -0.05) is 11.6 Å². The van der Waals surface area contributed by atoms with Crippen LogP contribution in [0.1, 0.15) is 23.2 Å². The Morgan fingerprint density at radius 2 is 1.92 bits per heavy atom. The third-order valence-electron chi connectivity index (χ3n) is 5.59. The number of halogens is 6. The standard InChI is InChI=1S/C24H20ClF5N4O5/c1-38-17-8-14-11(6-12(17)22(36)32-9-18(35)24(28,29)30)16(4-5-31-14)39-21-13(26)7-15(19(25)20(21)27)34-23(37)33-10-2-3-10/h4-8,10,18,35H,2-3,9H2,1H3,(H,32,36)(H2,33,34,37). The van der Waals surface area contributed by atoms with Gasteiger partial charge in [0.25, 0.3) is 5.91 Å². The first-order valence-electron chi connectivity index (χ1n) is 11.3. The van der Waals surface area contributed by atoms with Crippen LogP contribution in [0.15, 0.2) is 30.5 Å². The highest BCUT2D eigenvalue weighted by molar-refractivity contribution is 6.34. The number of carbonyl (C=O) groups excluding carboxylic acids is 2. The fourth-order valence-electron chi connectivity index (χ4n) is 3.43. The number of aliphatic hydroxyl groups is 1. The SMILES string of the molecule is COc1cc2nccc(Oc3c(F)cc(NC(=O)NC4CC4)c(Cl)c3F)c2cc1C(=O)NCC(O)C(F)(F)F. The van der Waals surface area contributed by atoms with Crippen LogP contribution in [0.3, 0.4) is 0 Å². The van der Waals surface area contributed by atoms with E-state index in [0.717, 1.165) is 25.0 Å². The summed E-state index contributed by atoms with van der Waals surface area (Å²) in [5, 5.41) is 15.4. The second kappa shape index (κ2) is 11.1. The number of urea groups is 1. The number of ether oxygens (including phenoxy) is 2. The van der Waals surface area contributed by atoms with E-state index in [9.17, 15) is 27.2 Å². The number of aromatic nitrogens is 1. The van der Waals surface area contributed by atoms with Gasteiger partial charge in [0, 0.05) is 29.8 Å². The number of methoxy groups -OCH3 is 1. The fraction of sp³-hybridized carbons (Fsp3) is 0.292. The third kappa shape index (κ3) is 6.40. The summed E-state index contributed by atoms with van der Waals surface area (Å²) in [6, 6.07) is 3.70. The van der Waals surface area contributed by atoms with Gasteiger partial charge >= 0.3 is 12.2 Å². The molecule has 0 spiro atoms. The van der Waals surface area contributed by atoms with Crippen LogP contribution in [-0.2, 0) is 0 Å². The number of nitrogens with one attached hydrogen (secondary N) is 3. The Morgan fingerprint density at radius 1 is 1.21 bits per heavy atom. The van der Waals surface area contributed by atoms with Crippen molar-refractivity contribution >= 4 is 40.1 Å². The molecule has 3 aromatic rings. The van der Waals surface area contributed by atoms with Gasteiger partial charge in [0.2, 0.25) is 0 Å². The lowest BCUT2D eigenvalue weighted by molar-refractivity contribution is -0.201. The van der Waals surface area contributed by atoms with Gasteiger partial charge in [-0.2, -0.15) is 13.2 Å². The number of amides is 3. The number of fused-ring (bicyclic) bond motifs is 1. The quantitative estimate of drug-likeness (QED) is 0.224. The van der Waals surface area contributed by atoms with Crippen LogP contribution in [0.25, 0.3) is 10.9 Å². The van der Waals surface area contributed by atoms with Crippen LogP contribution < -0.4 is 25.4 Å². The van der Waals surface area contributed by atoms with Crippen molar-refractivity contribution in [3.05, 3.63) is 52.7 Å². The zero-order valence-corrected chi connectivity index (χ0v) is 20.7. The molecule has 0 bridgehead atoms. The number of alkyl halides is 3. The van der Waals surface area contributed by atoms with Gasteiger partial charge in [0.15, 0.2) is 23.5 Å². The molecule has 1 atom stereocenters. The molecule has 0 radical (unpaired) electrons. The van der Waals surface area contributed by atoms with E-state index in [0.29, 0.717) is 0 Å². The van der Waals surface area contributed by atoms with Crippen molar-refractivity contribution in [1.29, 1.82) is 0 Å². The minimum atomic E-state index is -4.95. The Kier molecular flexibility index (Phi) is 7.97. The summed E-state index contributed by atoms with van der Waals surface area (Å²) in [5.41, 5.74) is -0.447. The summed E-state index contributed by atoms with van der Waals surface area (Å²) in [4.78, 5) is 28.7. The predicted octanol–water partition coefficient (Wildman–Crippen LogP) is 4.90. The van der Waals surface area contributed by atoms with Gasteiger partial charge in [0.05, 0.1) is 30.4 Å². The van der Waals surface area contributed by atoms with Crippen LogP contribution in [0.5, 0.6) is 17.2 Å². The maximum Gasteiger partial charge on any atom is 0.416 e. The monoisotopic (exact) mass is 574 g/mol. The van der Waals surface area contributed by atoms with Gasteiger partial charge in [0.1, 0.15) is 16.5 Å². The molecule has 1 unspecified atom stereocenters. The van der Waals surface area contributed by atoms with Crippen LogP contribution in [0.2, 0.25) is 5.02 Å². The minimum absolute atomic E-state index is 0.0126. The number of carbonyl (C=O) groups is 2. The number of rotatable bonds is 8. The number of hydrogen-bond acceptors (Lipinski definition) is 6. The van der Waals surface area contributed by atoms with Crippen LogP contribution in [0, 0.1) is 11.6 Å². The third-order valence-corrected chi connectivity index (χ3v) is 5.96. The number of hydrogen-bond donors (Lipinski definition) is 4. The van der Waals surface area contributed by atoms with Gasteiger partial charge in [-0.3, -0.25) is 9.78 Å². The Labute approximate surface area is 222 Å². The largest absolute Gasteiger partial charge is 0.496 e. The van der Waals surface area contributed by atoms with Crippen LogP contribution in [-0.4, -0.2) is 54.0 Å². The molecule has 1 aliphatic carbocycles. The number of pyridine rings is 1. The highest BCUT2D eigenvalue weighted by atomic mass is 35.5. The zero-order valence-electron chi connectivity index (χ0n) is 20.0. The summed E-state index contributed by atoms with van der Waals surface area (Å²) < 4.78 is 78.3. The van der Waals surface area contributed by atoms with Crippen molar-refractivity contribution in [3.63, 3.8) is 0 Å². The average Bonchev–Trinajstić information content (AvgIpc) is 3.70. The van der Waals surface area contributed by atoms with E-state index in [1.165, 1.54) is 25.4 Å². The second-order valence-corrected chi connectivity index (χ2v) is 8.86. The lowest BCUT2D eigenvalue weighted by Gasteiger charge is -2.17. The molecule has 39 heavy (non-hydrogen) atoms. The molecule has 1 heterocycles. The first-order valence-corrected chi connectivity index (χ1v) is 11.7. The molecular weight excluding hydrogens is 555 g/mol. The summed E-state index contributed by atoms with van der Waals surface area (Å²) >= 11 is 6.00. The van der Waals surface area contributed by atoms with Crippen LogP contribution >= 0.6 is 11.6 Å². The topological polar surface area (TPSA) is 122 Å². The first-order chi connectivity index (χ1) is 18.4. The molecule has 1 aliphatic rings. The van der Waals surface area contributed by atoms with Crippen LogP contribution in [0.4, 0.5) is 32.4 Å². The number of nitrogens with zero attached hydrogens (tertiary/aromatic N) is 1. The first kappa shape index (κ1) is 28.1. The molecule has 1 saturated carbocycles. The van der Waals surface area contributed by atoms with Crippen molar-refractivity contribution < 1.29 is 46.1 Å². The Balaban J connectivity index is 1.64. The molecule has 4 rings (SSSR count). The minimum Gasteiger partial charge on any atom is -0.496 e. The highest BCUT2D eigenvalue weighted by Crippen LogP contribution is 2.39. The van der Waals surface area contributed by atoms with Crippen molar-refractivity contribution in [2.45, 2.75) is 31.2 Å². The van der Waals surface area contributed by atoms with E-state index in [2.05, 4.69) is 15.6 Å². The Morgan fingerprint density at radius 3 is 2.56 bits per heavy atom. The summed E-state index contributed by atoms with van der Waals surface area (Å²) in [7, 11) is 1.20. The lowest BCUT2D eigenvalue weighted by atomic mass is 10.1. The zero-order chi connectivity index (χ0) is 28.5. The van der Waals surface area contributed by atoms with Gasteiger partial charge in [-0.05, 0) is 25.0 Å². The molecule has 9 nitrogen and oxygen atoms in total. The van der Waals surface area contributed by atoms with E-state index in [4.69, 9.17) is 26.2 Å². The maximum absolute atomic E-state index is 15.0. The van der Waals surface area contributed by atoms with Gasteiger partial charge in [-0.25, -0.2) is 13.6 Å². The summed E-state index contributed by atoms with van der Waals surface area (Å²) in [5.74, 6) is -4.75. The lowest BCUT2D eigenvalue weighted by Crippen LogP contribution is -2.40. The van der Waals surface area contributed by atoms with Crippen molar-refractivity contribution in [1.82, 2.24) is 15.6 Å².